The monoisotopic (exact) mass is 309 g/mol. The molecule has 20 heavy (non-hydrogen) atoms. The Morgan fingerprint density at radius 3 is 3.10 bits per heavy atom. The van der Waals surface area contributed by atoms with Crippen LogP contribution in [0.1, 0.15) is 50.4 Å². The standard InChI is InChI=1S/C15H20ClN3S/c1-3-20-12-7-6-11(9-12)19-14(10(2)16)18-13-5-4-8-17-15(13)19/h4-5,8,10-12H,3,6-7,9H2,1-2H3. The molecule has 5 heteroatoms. The molecule has 3 nitrogen and oxygen atoms in total. The minimum absolute atomic E-state index is 0.0814. The summed E-state index contributed by atoms with van der Waals surface area (Å²) in [6.45, 7) is 4.23. The van der Waals surface area contributed by atoms with Crippen LogP contribution in [0, 0.1) is 0 Å². The first kappa shape index (κ1) is 14.2. The molecular formula is C15H20ClN3S. The molecule has 0 saturated heterocycles. The Bertz CT molecular complexity index is 596. The summed E-state index contributed by atoms with van der Waals surface area (Å²) in [4.78, 5) is 9.22. The number of alkyl halides is 1. The minimum atomic E-state index is -0.0814. The normalized spacial score (nSPS) is 24.4. The van der Waals surface area contributed by atoms with E-state index in [1.807, 2.05) is 25.3 Å². The van der Waals surface area contributed by atoms with Crippen molar-refractivity contribution >= 4 is 34.5 Å². The second kappa shape index (κ2) is 5.94. The van der Waals surface area contributed by atoms with Gasteiger partial charge in [0, 0.05) is 17.5 Å². The van der Waals surface area contributed by atoms with Gasteiger partial charge >= 0.3 is 0 Å². The highest BCUT2D eigenvalue weighted by molar-refractivity contribution is 7.99. The Morgan fingerprint density at radius 2 is 2.35 bits per heavy atom. The first-order valence-corrected chi connectivity index (χ1v) is 8.77. The zero-order valence-electron chi connectivity index (χ0n) is 11.9. The Morgan fingerprint density at radius 1 is 1.50 bits per heavy atom. The second-order valence-electron chi connectivity index (χ2n) is 5.35. The molecule has 2 aromatic heterocycles. The van der Waals surface area contributed by atoms with Gasteiger partial charge in [0.2, 0.25) is 0 Å². The SMILES string of the molecule is CCSC1CCC(n2c(C(C)Cl)nc3cccnc32)C1. The van der Waals surface area contributed by atoms with Gasteiger partial charge < -0.3 is 4.57 Å². The van der Waals surface area contributed by atoms with Crippen LogP contribution in [0.4, 0.5) is 0 Å². The van der Waals surface area contributed by atoms with Gasteiger partial charge in [0.15, 0.2) is 5.65 Å². The van der Waals surface area contributed by atoms with Crippen molar-refractivity contribution in [2.24, 2.45) is 0 Å². The molecule has 0 amide bonds. The van der Waals surface area contributed by atoms with Crippen molar-refractivity contribution in [3.8, 4) is 0 Å². The van der Waals surface area contributed by atoms with Crippen molar-refractivity contribution in [3.05, 3.63) is 24.2 Å². The van der Waals surface area contributed by atoms with Crippen molar-refractivity contribution in [1.29, 1.82) is 0 Å². The minimum Gasteiger partial charge on any atom is -0.308 e. The van der Waals surface area contributed by atoms with E-state index >= 15 is 0 Å². The van der Waals surface area contributed by atoms with Crippen LogP contribution in [-0.4, -0.2) is 25.5 Å². The van der Waals surface area contributed by atoms with Crippen LogP contribution < -0.4 is 0 Å². The Labute approximate surface area is 129 Å². The van der Waals surface area contributed by atoms with Gasteiger partial charge in [-0.15, -0.1) is 11.6 Å². The summed E-state index contributed by atoms with van der Waals surface area (Å²) >= 11 is 8.41. The van der Waals surface area contributed by atoms with Crippen LogP contribution >= 0.6 is 23.4 Å². The number of imidazole rings is 1. The molecule has 1 aliphatic rings. The van der Waals surface area contributed by atoms with Gasteiger partial charge in [-0.05, 0) is 44.1 Å². The number of pyridine rings is 1. The maximum absolute atomic E-state index is 6.34. The van der Waals surface area contributed by atoms with Gasteiger partial charge in [0.05, 0.1) is 5.38 Å². The van der Waals surface area contributed by atoms with E-state index in [1.54, 1.807) is 0 Å². The Balaban J connectivity index is 1.99. The number of halogens is 1. The molecule has 0 aliphatic heterocycles. The maximum Gasteiger partial charge on any atom is 0.160 e. The van der Waals surface area contributed by atoms with Crippen molar-refractivity contribution < 1.29 is 0 Å². The molecule has 0 N–H and O–H groups in total. The van der Waals surface area contributed by atoms with Gasteiger partial charge in [0.1, 0.15) is 11.3 Å². The third kappa shape index (κ3) is 2.56. The maximum atomic E-state index is 6.34. The molecule has 3 rings (SSSR count). The summed E-state index contributed by atoms with van der Waals surface area (Å²) in [5.41, 5.74) is 1.95. The number of aromatic nitrogens is 3. The third-order valence-electron chi connectivity index (χ3n) is 3.96. The lowest BCUT2D eigenvalue weighted by molar-refractivity contribution is 0.508. The van der Waals surface area contributed by atoms with E-state index in [2.05, 4.69) is 33.2 Å². The summed E-state index contributed by atoms with van der Waals surface area (Å²) in [6.07, 6.45) is 5.54. The molecule has 2 aromatic rings. The van der Waals surface area contributed by atoms with Gasteiger partial charge in [0.25, 0.3) is 0 Å². The number of thioether (sulfide) groups is 1. The van der Waals surface area contributed by atoms with E-state index in [4.69, 9.17) is 11.6 Å². The average molecular weight is 310 g/mol. The molecule has 108 valence electrons. The highest BCUT2D eigenvalue weighted by Gasteiger charge is 2.30. The summed E-state index contributed by atoms with van der Waals surface area (Å²) in [5, 5.41) is 0.687. The summed E-state index contributed by atoms with van der Waals surface area (Å²) in [6, 6.07) is 4.46. The first-order valence-electron chi connectivity index (χ1n) is 7.29. The van der Waals surface area contributed by atoms with Crippen LogP contribution in [0.3, 0.4) is 0 Å². The van der Waals surface area contributed by atoms with Crippen molar-refractivity contribution in [1.82, 2.24) is 14.5 Å². The molecule has 3 unspecified atom stereocenters. The van der Waals surface area contributed by atoms with Crippen molar-refractivity contribution in [2.45, 2.75) is 49.8 Å². The number of hydrogen-bond donors (Lipinski definition) is 0. The van der Waals surface area contributed by atoms with Crippen LogP contribution in [0.2, 0.25) is 0 Å². The predicted molar refractivity (Wildman–Crippen MR) is 86.6 cm³/mol. The number of nitrogens with zero attached hydrogens (tertiary/aromatic N) is 3. The number of rotatable bonds is 4. The molecule has 1 fully saturated rings. The van der Waals surface area contributed by atoms with Gasteiger partial charge in [-0.1, -0.05) is 6.92 Å². The van der Waals surface area contributed by atoms with Crippen molar-refractivity contribution in [2.75, 3.05) is 5.75 Å². The van der Waals surface area contributed by atoms with E-state index in [0.717, 1.165) is 22.2 Å². The smallest absolute Gasteiger partial charge is 0.160 e. The highest BCUT2D eigenvalue weighted by Crippen LogP contribution is 2.40. The third-order valence-corrected chi connectivity index (χ3v) is 5.38. The van der Waals surface area contributed by atoms with E-state index in [-0.39, 0.29) is 5.38 Å². The van der Waals surface area contributed by atoms with E-state index in [0.29, 0.717) is 6.04 Å². The molecule has 1 aliphatic carbocycles. The van der Waals surface area contributed by atoms with E-state index in [9.17, 15) is 0 Å². The zero-order valence-corrected chi connectivity index (χ0v) is 13.5. The van der Waals surface area contributed by atoms with Gasteiger partial charge in [-0.2, -0.15) is 11.8 Å². The predicted octanol–water partition coefficient (Wildman–Crippen LogP) is 4.58. The molecule has 0 bridgehead atoms. The Kier molecular flexibility index (Phi) is 4.22. The summed E-state index contributed by atoms with van der Waals surface area (Å²) in [7, 11) is 0. The lowest BCUT2D eigenvalue weighted by Crippen LogP contribution is -2.11. The Hall–Kier alpha value is -0.740. The molecule has 0 aromatic carbocycles. The largest absolute Gasteiger partial charge is 0.308 e. The van der Waals surface area contributed by atoms with Gasteiger partial charge in [-0.3, -0.25) is 0 Å². The fourth-order valence-corrected chi connectivity index (χ4v) is 4.41. The first-order chi connectivity index (χ1) is 9.70. The zero-order chi connectivity index (χ0) is 14.1. The molecule has 2 heterocycles. The molecular weight excluding hydrogens is 290 g/mol. The average Bonchev–Trinajstić information content (AvgIpc) is 3.02. The quantitative estimate of drug-likeness (QED) is 0.775. The van der Waals surface area contributed by atoms with Crippen LogP contribution in [-0.2, 0) is 0 Å². The van der Waals surface area contributed by atoms with Crippen LogP contribution in [0.5, 0.6) is 0 Å². The summed E-state index contributed by atoms with van der Waals surface area (Å²) in [5.74, 6) is 2.16. The number of fused-ring (bicyclic) bond motifs is 1. The number of hydrogen-bond acceptors (Lipinski definition) is 3. The lowest BCUT2D eigenvalue weighted by Gasteiger charge is -2.17. The van der Waals surface area contributed by atoms with E-state index in [1.165, 1.54) is 25.0 Å². The molecule has 3 atom stereocenters. The molecule has 1 saturated carbocycles. The van der Waals surface area contributed by atoms with Crippen LogP contribution in [0.25, 0.3) is 11.2 Å². The van der Waals surface area contributed by atoms with Crippen molar-refractivity contribution in [3.63, 3.8) is 0 Å². The lowest BCUT2D eigenvalue weighted by atomic mass is 10.2. The molecule has 0 radical (unpaired) electrons. The topological polar surface area (TPSA) is 30.7 Å². The summed E-state index contributed by atoms with van der Waals surface area (Å²) < 4.78 is 2.29. The second-order valence-corrected chi connectivity index (χ2v) is 7.58. The van der Waals surface area contributed by atoms with Gasteiger partial charge in [-0.25, -0.2) is 9.97 Å². The van der Waals surface area contributed by atoms with Crippen LogP contribution in [0.15, 0.2) is 18.3 Å². The fraction of sp³-hybridized carbons (Fsp3) is 0.600. The fourth-order valence-electron chi connectivity index (χ4n) is 3.13. The molecule has 0 spiro atoms. The highest BCUT2D eigenvalue weighted by atomic mass is 35.5. The van der Waals surface area contributed by atoms with E-state index < -0.39 is 0 Å².